The Morgan fingerprint density at radius 1 is 1.43 bits per heavy atom. The topological polar surface area (TPSA) is 41.5 Å². The van der Waals surface area contributed by atoms with Crippen molar-refractivity contribution in [2.75, 3.05) is 19.4 Å². The molecule has 0 radical (unpaired) electrons. The first-order valence-corrected chi connectivity index (χ1v) is 9.18. The fourth-order valence-corrected chi connectivity index (χ4v) is 3.85. The number of thioether (sulfide) groups is 1. The normalized spacial score (nSPS) is 23.8. The summed E-state index contributed by atoms with van der Waals surface area (Å²) in [6.07, 6.45) is 6.74. The van der Waals surface area contributed by atoms with Crippen molar-refractivity contribution in [3.8, 4) is 5.75 Å². The molecule has 1 saturated carbocycles. The SMILES string of the molecule is CSC1CCCCC1NCC(O)COc1cccc(Cl)c1. The minimum atomic E-state index is -0.506. The average Bonchev–Trinajstić information content (AvgIpc) is 2.51. The monoisotopic (exact) mass is 329 g/mol. The quantitative estimate of drug-likeness (QED) is 0.805. The number of benzene rings is 1. The van der Waals surface area contributed by atoms with Crippen LogP contribution in [0.5, 0.6) is 5.75 Å². The zero-order valence-corrected chi connectivity index (χ0v) is 14.0. The number of halogens is 1. The smallest absolute Gasteiger partial charge is 0.120 e. The Hall–Kier alpha value is -0.420. The number of aliphatic hydroxyl groups excluding tert-OH is 1. The van der Waals surface area contributed by atoms with Crippen LogP contribution < -0.4 is 10.1 Å². The Morgan fingerprint density at radius 3 is 3.00 bits per heavy atom. The molecular formula is C16H24ClNO2S. The van der Waals surface area contributed by atoms with Crippen LogP contribution in [0.25, 0.3) is 0 Å². The number of aliphatic hydroxyl groups is 1. The molecule has 118 valence electrons. The van der Waals surface area contributed by atoms with E-state index in [4.69, 9.17) is 16.3 Å². The van der Waals surface area contributed by atoms with Crippen molar-refractivity contribution in [3.63, 3.8) is 0 Å². The highest BCUT2D eigenvalue weighted by molar-refractivity contribution is 7.99. The van der Waals surface area contributed by atoms with Gasteiger partial charge in [-0.3, -0.25) is 0 Å². The highest BCUT2D eigenvalue weighted by Gasteiger charge is 2.24. The van der Waals surface area contributed by atoms with Crippen LogP contribution in [0.3, 0.4) is 0 Å². The predicted molar refractivity (Wildman–Crippen MR) is 90.5 cm³/mol. The fourth-order valence-electron chi connectivity index (χ4n) is 2.71. The Balaban J connectivity index is 1.70. The summed E-state index contributed by atoms with van der Waals surface area (Å²) in [5, 5.41) is 14.8. The molecule has 3 atom stereocenters. The van der Waals surface area contributed by atoms with Crippen molar-refractivity contribution in [1.82, 2.24) is 5.32 Å². The van der Waals surface area contributed by atoms with Gasteiger partial charge >= 0.3 is 0 Å². The molecule has 0 heterocycles. The second-order valence-electron chi connectivity index (χ2n) is 5.50. The molecule has 1 aliphatic carbocycles. The molecule has 5 heteroatoms. The molecule has 0 spiro atoms. The van der Waals surface area contributed by atoms with Gasteiger partial charge < -0.3 is 15.2 Å². The molecule has 0 amide bonds. The van der Waals surface area contributed by atoms with E-state index in [1.807, 2.05) is 23.9 Å². The van der Waals surface area contributed by atoms with E-state index in [9.17, 15) is 5.11 Å². The van der Waals surface area contributed by atoms with Gasteiger partial charge in [0.05, 0.1) is 0 Å². The molecule has 0 saturated heterocycles. The lowest BCUT2D eigenvalue weighted by atomic mass is 9.95. The maximum absolute atomic E-state index is 10.0. The molecule has 1 fully saturated rings. The summed E-state index contributed by atoms with van der Waals surface area (Å²) in [6.45, 7) is 0.853. The van der Waals surface area contributed by atoms with Crippen LogP contribution in [0.2, 0.25) is 5.02 Å². The van der Waals surface area contributed by atoms with Gasteiger partial charge in [0.15, 0.2) is 0 Å². The maximum Gasteiger partial charge on any atom is 0.120 e. The van der Waals surface area contributed by atoms with Crippen LogP contribution in [-0.2, 0) is 0 Å². The average molecular weight is 330 g/mol. The van der Waals surface area contributed by atoms with E-state index < -0.39 is 6.10 Å². The van der Waals surface area contributed by atoms with Crippen LogP contribution in [0, 0.1) is 0 Å². The van der Waals surface area contributed by atoms with Gasteiger partial charge in [-0.2, -0.15) is 11.8 Å². The van der Waals surface area contributed by atoms with Gasteiger partial charge in [-0.1, -0.05) is 30.5 Å². The second-order valence-corrected chi connectivity index (χ2v) is 7.01. The summed E-state index contributed by atoms with van der Waals surface area (Å²) in [5.74, 6) is 0.696. The molecule has 0 aliphatic heterocycles. The lowest BCUT2D eigenvalue weighted by Crippen LogP contribution is -2.44. The van der Waals surface area contributed by atoms with Gasteiger partial charge in [-0.05, 0) is 37.3 Å². The maximum atomic E-state index is 10.0. The molecule has 0 aromatic heterocycles. The summed E-state index contributed by atoms with van der Waals surface area (Å²) in [7, 11) is 0. The van der Waals surface area contributed by atoms with Gasteiger partial charge in [-0.25, -0.2) is 0 Å². The lowest BCUT2D eigenvalue weighted by molar-refractivity contribution is 0.102. The van der Waals surface area contributed by atoms with E-state index >= 15 is 0 Å². The molecule has 3 unspecified atom stereocenters. The Kier molecular flexibility index (Phi) is 7.17. The molecule has 1 aromatic rings. The number of hydrogen-bond donors (Lipinski definition) is 2. The molecule has 1 aromatic carbocycles. The molecule has 2 N–H and O–H groups in total. The van der Waals surface area contributed by atoms with E-state index in [0.717, 1.165) is 0 Å². The lowest BCUT2D eigenvalue weighted by Gasteiger charge is -2.31. The first kappa shape index (κ1) is 16.9. The summed E-state index contributed by atoms with van der Waals surface area (Å²) in [6, 6.07) is 7.75. The molecule has 3 nitrogen and oxygen atoms in total. The summed E-state index contributed by atoms with van der Waals surface area (Å²) in [5.41, 5.74) is 0. The predicted octanol–water partition coefficient (Wildman–Crippen LogP) is 3.34. The number of ether oxygens (including phenoxy) is 1. The summed E-state index contributed by atoms with van der Waals surface area (Å²) < 4.78 is 5.56. The van der Waals surface area contributed by atoms with Crippen molar-refractivity contribution in [2.45, 2.75) is 43.1 Å². The van der Waals surface area contributed by atoms with E-state index in [2.05, 4.69) is 11.6 Å². The third-order valence-corrected chi connectivity index (χ3v) is 5.26. The first-order chi connectivity index (χ1) is 10.2. The second kappa shape index (κ2) is 8.89. The van der Waals surface area contributed by atoms with E-state index in [1.54, 1.807) is 12.1 Å². The molecule has 1 aliphatic rings. The minimum Gasteiger partial charge on any atom is -0.491 e. The molecule has 0 bridgehead atoms. The van der Waals surface area contributed by atoms with Gasteiger partial charge in [-0.15, -0.1) is 0 Å². The van der Waals surface area contributed by atoms with Crippen LogP contribution in [0.4, 0.5) is 0 Å². The van der Waals surface area contributed by atoms with Crippen molar-refractivity contribution in [3.05, 3.63) is 29.3 Å². The van der Waals surface area contributed by atoms with Crippen LogP contribution >= 0.6 is 23.4 Å². The molecule has 21 heavy (non-hydrogen) atoms. The van der Waals surface area contributed by atoms with Crippen LogP contribution in [0.1, 0.15) is 25.7 Å². The van der Waals surface area contributed by atoms with Gasteiger partial charge in [0.1, 0.15) is 18.5 Å². The van der Waals surface area contributed by atoms with Gasteiger partial charge in [0.25, 0.3) is 0 Å². The van der Waals surface area contributed by atoms with Crippen molar-refractivity contribution in [2.24, 2.45) is 0 Å². The highest BCUT2D eigenvalue weighted by Crippen LogP contribution is 2.27. The van der Waals surface area contributed by atoms with Gasteiger partial charge in [0, 0.05) is 22.9 Å². The molecular weight excluding hydrogens is 306 g/mol. The minimum absolute atomic E-state index is 0.282. The third kappa shape index (κ3) is 5.70. The zero-order chi connectivity index (χ0) is 15.1. The zero-order valence-electron chi connectivity index (χ0n) is 12.4. The van der Waals surface area contributed by atoms with E-state index in [1.165, 1.54) is 25.7 Å². The highest BCUT2D eigenvalue weighted by atomic mass is 35.5. The van der Waals surface area contributed by atoms with Crippen molar-refractivity contribution < 1.29 is 9.84 Å². The Bertz CT molecular complexity index is 432. The van der Waals surface area contributed by atoms with Crippen molar-refractivity contribution >= 4 is 23.4 Å². The Labute approximate surface area is 136 Å². The van der Waals surface area contributed by atoms with Gasteiger partial charge in [0.2, 0.25) is 0 Å². The molecule has 2 rings (SSSR count). The fraction of sp³-hybridized carbons (Fsp3) is 0.625. The first-order valence-electron chi connectivity index (χ1n) is 7.51. The number of nitrogens with one attached hydrogen (secondary N) is 1. The van der Waals surface area contributed by atoms with E-state index in [-0.39, 0.29) is 6.61 Å². The van der Waals surface area contributed by atoms with Crippen molar-refractivity contribution in [1.29, 1.82) is 0 Å². The standard InChI is InChI=1S/C16H24ClNO2S/c1-21-16-8-3-2-7-15(16)18-10-13(19)11-20-14-6-4-5-12(17)9-14/h4-6,9,13,15-16,18-19H,2-3,7-8,10-11H2,1H3. The third-order valence-electron chi connectivity index (χ3n) is 3.86. The van der Waals surface area contributed by atoms with Crippen LogP contribution in [0.15, 0.2) is 24.3 Å². The van der Waals surface area contributed by atoms with Crippen LogP contribution in [-0.4, -0.2) is 41.9 Å². The number of rotatable bonds is 7. The largest absolute Gasteiger partial charge is 0.491 e. The Morgan fingerprint density at radius 2 is 2.24 bits per heavy atom. The number of hydrogen-bond acceptors (Lipinski definition) is 4. The van der Waals surface area contributed by atoms with E-state index in [0.29, 0.717) is 28.6 Å². The summed E-state index contributed by atoms with van der Waals surface area (Å²) >= 11 is 7.82. The summed E-state index contributed by atoms with van der Waals surface area (Å²) in [4.78, 5) is 0.